The van der Waals surface area contributed by atoms with Crippen molar-refractivity contribution in [3.05, 3.63) is 34.9 Å². The van der Waals surface area contributed by atoms with E-state index in [4.69, 9.17) is 29.6 Å². The first-order valence-electron chi connectivity index (χ1n) is 6.95. The summed E-state index contributed by atoms with van der Waals surface area (Å²) in [5, 5.41) is 3.71. The minimum atomic E-state index is -0.550. The van der Waals surface area contributed by atoms with E-state index >= 15 is 0 Å². The Hall–Kier alpha value is -1.17. The highest BCUT2D eigenvalue weighted by atomic mass is 35.5. The number of hydrogen-bond acceptors (Lipinski definition) is 3. The fourth-order valence-corrected chi connectivity index (χ4v) is 2.91. The molecule has 0 unspecified atom stereocenters. The number of rotatable bonds is 4. The Balaban J connectivity index is 2.02. The molecular weight excluding hydrogens is 306 g/mol. The maximum absolute atomic E-state index is 12.3. The van der Waals surface area contributed by atoms with Crippen LogP contribution in [0.25, 0.3) is 0 Å². The second-order valence-electron chi connectivity index (χ2n) is 5.60. The topological polar surface area (TPSA) is 58.4 Å². The van der Waals surface area contributed by atoms with Crippen LogP contribution in [0.2, 0.25) is 5.02 Å². The van der Waals surface area contributed by atoms with Crippen molar-refractivity contribution in [3.63, 3.8) is 0 Å². The van der Waals surface area contributed by atoms with Crippen molar-refractivity contribution in [1.29, 1.82) is 0 Å². The molecule has 3 N–H and O–H groups in total. The Labute approximate surface area is 135 Å². The monoisotopic (exact) mass is 325 g/mol. The lowest BCUT2D eigenvalue weighted by molar-refractivity contribution is -0.122. The Morgan fingerprint density at radius 1 is 1.38 bits per heavy atom. The molecule has 1 aromatic rings. The molecule has 1 amide bonds. The molecule has 1 aromatic carbocycles. The molecule has 0 bridgehead atoms. The predicted molar refractivity (Wildman–Crippen MR) is 89.5 cm³/mol. The summed E-state index contributed by atoms with van der Waals surface area (Å²) in [6.07, 6.45) is 1.81. The Morgan fingerprint density at radius 2 is 1.95 bits per heavy atom. The van der Waals surface area contributed by atoms with Crippen LogP contribution < -0.4 is 11.1 Å². The first-order chi connectivity index (χ1) is 9.91. The fraction of sp³-hybridized carbons (Fsp3) is 0.467. The van der Waals surface area contributed by atoms with Crippen molar-refractivity contribution in [2.45, 2.75) is 24.8 Å². The molecule has 1 aliphatic rings. The van der Waals surface area contributed by atoms with E-state index in [0.717, 1.165) is 31.5 Å². The minimum absolute atomic E-state index is 0.0605. The second kappa shape index (κ2) is 6.73. The van der Waals surface area contributed by atoms with Gasteiger partial charge in [-0.2, -0.15) is 0 Å². The lowest BCUT2D eigenvalue weighted by atomic mass is 9.87. The first-order valence-corrected chi connectivity index (χ1v) is 7.74. The molecule has 21 heavy (non-hydrogen) atoms. The Bertz CT molecular complexity index is 524. The number of thiocarbonyl (C=S) groups is 1. The molecule has 1 aliphatic heterocycles. The van der Waals surface area contributed by atoms with Gasteiger partial charge in [-0.1, -0.05) is 36.0 Å². The van der Waals surface area contributed by atoms with Crippen LogP contribution in [-0.4, -0.2) is 41.5 Å². The maximum Gasteiger partial charge on any atom is 0.225 e. The molecule has 0 spiro atoms. The van der Waals surface area contributed by atoms with E-state index in [1.807, 2.05) is 12.1 Å². The van der Waals surface area contributed by atoms with Gasteiger partial charge in [0.2, 0.25) is 5.91 Å². The summed E-state index contributed by atoms with van der Waals surface area (Å²) in [5.41, 5.74) is 6.26. The molecule has 0 atom stereocenters. The number of likely N-dealkylation sites (tertiary alicyclic amines) is 1. The number of nitrogens with zero attached hydrogens (tertiary/aromatic N) is 1. The van der Waals surface area contributed by atoms with Crippen LogP contribution in [0.3, 0.4) is 0 Å². The smallest absolute Gasteiger partial charge is 0.225 e. The van der Waals surface area contributed by atoms with Crippen molar-refractivity contribution in [1.82, 2.24) is 10.2 Å². The van der Waals surface area contributed by atoms with Crippen LogP contribution in [-0.2, 0) is 11.2 Å². The van der Waals surface area contributed by atoms with E-state index in [1.165, 1.54) is 0 Å². The number of carbonyl (C=O) groups is 1. The van der Waals surface area contributed by atoms with Crippen LogP contribution in [0, 0.1) is 0 Å². The summed E-state index contributed by atoms with van der Waals surface area (Å²) in [7, 11) is 2.05. The van der Waals surface area contributed by atoms with Crippen LogP contribution in [0.15, 0.2) is 24.3 Å². The molecular formula is C15H20ClN3OS. The molecule has 0 radical (unpaired) electrons. The van der Waals surface area contributed by atoms with Gasteiger partial charge in [0.05, 0.1) is 16.9 Å². The molecule has 1 heterocycles. The molecule has 1 saturated heterocycles. The standard InChI is InChI=1S/C15H20ClN3OS/c1-19-8-6-15(7-9-19,14(17)21)18-13(20)10-11-2-4-12(16)5-3-11/h2-5H,6-10H2,1H3,(H2,17,21)(H,18,20). The number of piperidine rings is 1. The average Bonchev–Trinajstić information content (AvgIpc) is 2.44. The van der Waals surface area contributed by atoms with Gasteiger partial charge in [0.25, 0.3) is 0 Å². The van der Waals surface area contributed by atoms with Crippen molar-refractivity contribution in [3.8, 4) is 0 Å². The highest BCUT2D eigenvalue weighted by Gasteiger charge is 2.37. The lowest BCUT2D eigenvalue weighted by Gasteiger charge is -2.40. The number of nitrogens with one attached hydrogen (secondary N) is 1. The molecule has 6 heteroatoms. The Kier molecular flexibility index (Phi) is 5.19. The number of hydrogen-bond donors (Lipinski definition) is 2. The predicted octanol–water partition coefficient (Wildman–Crippen LogP) is 1.75. The number of benzene rings is 1. The molecule has 1 fully saturated rings. The lowest BCUT2D eigenvalue weighted by Crippen LogP contribution is -2.61. The van der Waals surface area contributed by atoms with E-state index in [1.54, 1.807) is 12.1 Å². The van der Waals surface area contributed by atoms with Crippen molar-refractivity contribution < 1.29 is 4.79 Å². The summed E-state index contributed by atoms with van der Waals surface area (Å²) in [4.78, 5) is 14.9. The van der Waals surface area contributed by atoms with Crippen molar-refractivity contribution in [2.24, 2.45) is 5.73 Å². The fourth-order valence-electron chi connectivity index (χ4n) is 2.53. The zero-order valence-electron chi connectivity index (χ0n) is 12.1. The first kappa shape index (κ1) is 16.2. The summed E-state index contributed by atoms with van der Waals surface area (Å²) in [6.45, 7) is 1.75. The number of nitrogens with two attached hydrogens (primary N) is 1. The van der Waals surface area contributed by atoms with Crippen LogP contribution in [0.1, 0.15) is 18.4 Å². The van der Waals surface area contributed by atoms with Gasteiger partial charge < -0.3 is 16.0 Å². The van der Waals surface area contributed by atoms with Gasteiger partial charge in [-0.05, 0) is 37.6 Å². The van der Waals surface area contributed by atoms with E-state index in [9.17, 15) is 4.79 Å². The number of amides is 1. The van der Waals surface area contributed by atoms with Gasteiger partial charge in [-0.3, -0.25) is 4.79 Å². The van der Waals surface area contributed by atoms with E-state index in [2.05, 4.69) is 17.3 Å². The van der Waals surface area contributed by atoms with Gasteiger partial charge in [0, 0.05) is 18.1 Å². The highest BCUT2D eigenvalue weighted by molar-refractivity contribution is 7.80. The number of halogens is 1. The largest absolute Gasteiger partial charge is 0.391 e. The quantitative estimate of drug-likeness (QED) is 0.828. The summed E-state index contributed by atoms with van der Waals surface area (Å²) < 4.78 is 0. The zero-order chi connectivity index (χ0) is 15.5. The third kappa shape index (κ3) is 4.15. The van der Waals surface area contributed by atoms with E-state index in [-0.39, 0.29) is 5.91 Å². The van der Waals surface area contributed by atoms with Gasteiger partial charge in [-0.25, -0.2) is 0 Å². The third-order valence-electron chi connectivity index (χ3n) is 3.97. The zero-order valence-corrected chi connectivity index (χ0v) is 13.6. The van der Waals surface area contributed by atoms with E-state index < -0.39 is 5.54 Å². The molecule has 4 nitrogen and oxygen atoms in total. The van der Waals surface area contributed by atoms with E-state index in [0.29, 0.717) is 16.4 Å². The normalized spacial score (nSPS) is 18.2. The Morgan fingerprint density at radius 3 is 2.48 bits per heavy atom. The van der Waals surface area contributed by atoms with Crippen molar-refractivity contribution >= 4 is 34.7 Å². The second-order valence-corrected chi connectivity index (χ2v) is 6.48. The summed E-state index contributed by atoms with van der Waals surface area (Å²) in [6, 6.07) is 7.26. The molecule has 0 aliphatic carbocycles. The van der Waals surface area contributed by atoms with Crippen LogP contribution in [0.4, 0.5) is 0 Å². The van der Waals surface area contributed by atoms with Crippen LogP contribution in [0.5, 0.6) is 0 Å². The maximum atomic E-state index is 12.3. The molecule has 114 valence electrons. The average molecular weight is 326 g/mol. The number of carbonyl (C=O) groups excluding carboxylic acids is 1. The molecule has 0 saturated carbocycles. The third-order valence-corrected chi connectivity index (χ3v) is 4.61. The van der Waals surface area contributed by atoms with Gasteiger partial charge in [0.15, 0.2) is 0 Å². The molecule has 2 rings (SSSR count). The minimum Gasteiger partial charge on any atom is -0.391 e. The van der Waals surface area contributed by atoms with Gasteiger partial charge >= 0.3 is 0 Å². The van der Waals surface area contributed by atoms with Gasteiger partial charge in [0.1, 0.15) is 0 Å². The van der Waals surface area contributed by atoms with Gasteiger partial charge in [-0.15, -0.1) is 0 Å². The van der Waals surface area contributed by atoms with Crippen LogP contribution >= 0.6 is 23.8 Å². The summed E-state index contributed by atoms with van der Waals surface area (Å²) >= 11 is 11.0. The molecule has 0 aromatic heterocycles. The SMILES string of the molecule is CN1CCC(NC(=O)Cc2ccc(Cl)cc2)(C(N)=S)CC1. The summed E-state index contributed by atoms with van der Waals surface area (Å²) in [5.74, 6) is -0.0605. The van der Waals surface area contributed by atoms with Crippen molar-refractivity contribution in [2.75, 3.05) is 20.1 Å². The highest BCUT2D eigenvalue weighted by Crippen LogP contribution is 2.22.